The molecule has 1 aliphatic rings. The molecule has 20 heavy (non-hydrogen) atoms. The van der Waals surface area contributed by atoms with Crippen LogP contribution in [0.4, 0.5) is 0 Å². The molecule has 0 saturated heterocycles. The molecule has 3 rings (SSSR count). The fourth-order valence-electron chi connectivity index (χ4n) is 2.83. The van der Waals surface area contributed by atoms with E-state index < -0.39 is 0 Å². The SMILES string of the molecule is CCNC(c1nc2c(s1)CCC2)c1cncn1C(C)C. The molecule has 0 radical (unpaired) electrons. The van der Waals surface area contributed by atoms with Crippen molar-refractivity contribution in [2.75, 3.05) is 6.54 Å². The highest BCUT2D eigenvalue weighted by atomic mass is 32.1. The van der Waals surface area contributed by atoms with Crippen LogP contribution in [0.1, 0.15) is 60.5 Å². The Balaban J connectivity index is 1.97. The molecule has 5 heteroatoms. The third kappa shape index (κ3) is 2.40. The predicted octanol–water partition coefficient (Wildman–Crippen LogP) is 3.11. The van der Waals surface area contributed by atoms with E-state index in [-0.39, 0.29) is 6.04 Å². The van der Waals surface area contributed by atoms with Crippen LogP contribution in [0.2, 0.25) is 0 Å². The van der Waals surface area contributed by atoms with Crippen molar-refractivity contribution in [2.45, 2.75) is 52.1 Å². The zero-order valence-corrected chi connectivity index (χ0v) is 13.2. The van der Waals surface area contributed by atoms with E-state index in [4.69, 9.17) is 4.98 Å². The van der Waals surface area contributed by atoms with Crippen LogP contribution < -0.4 is 5.32 Å². The number of nitrogens with zero attached hydrogens (tertiary/aromatic N) is 3. The number of hydrogen-bond donors (Lipinski definition) is 1. The Morgan fingerprint density at radius 2 is 2.25 bits per heavy atom. The van der Waals surface area contributed by atoms with E-state index in [9.17, 15) is 0 Å². The largest absolute Gasteiger partial charge is 0.330 e. The van der Waals surface area contributed by atoms with Crippen molar-refractivity contribution >= 4 is 11.3 Å². The fourth-order valence-corrected chi connectivity index (χ4v) is 4.07. The Hall–Kier alpha value is -1.20. The van der Waals surface area contributed by atoms with Crippen LogP contribution in [0.25, 0.3) is 0 Å². The lowest BCUT2D eigenvalue weighted by Gasteiger charge is -2.19. The van der Waals surface area contributed by atoms with Gasteiger partial charge in [0.25, 0.3) is 0 Å². The van der Waals surface area contributed by atoms with Crippen molar-refractivity contribution in [3.8, 4) is 0 Å². The van der Waals surface area contributed by atoms with Crippen molar-refractivity contribution in [2.24, 2.45) is 0 Å². The molecule has 2 aromatic heterocycles. The first-order chi connectivity index (χ1) is 9.70. The van der Waals surface area contributed by atoms with Crippen LogP contribution in [-0.4, -0.2) is 21.1 Å². The molecule has 1 aliphatic carbocycles. The quantitative estimate of drug-likeness (QED) is 0.920. The van der Waals surface area contributed by atoms with Crippen LogP contribution in [0.5, 0.6) is 0 Å². The summed E-state index contributed by atoms with van der Waals surface area (Å²) in [6.45, 7) is 7.45. The van der Waals surface area contributed by atoms with Gasteiger partial charge in [-0.3, -0.25) is 0 Å². The molecular formula is C15H22N4S. The normalized spacial score (nSPS) is 15.8. The second-order valence-electron chi connectivity index (χ2n) is 5.59. The molecule has 4 nitrogen and oxygen atoms in total. The molecule has 0 amide bonds. The van der Waals surface area contributed by atoms with Gasteiger partial charge < -0.3 is 9.88 Å². The number of rotatable bonds is 5. The Morgan fingerprint density at radius 3 is 2.95 bits per heavy atom. The van der Waals surface area contributed by atoms with Crippen molar-refractivity contribution < 1.29 is 0 Å². The number of thiazole rings is 1. The molecule has 1 N–H and O–H groups in total. The molecule has 1 atom stereocenters. The van der Waals surface area contributed by atoms with Gasteiger partial charge in [0.05, 0.1) is 23.9 Å². The zero-order valence-electron chi connectivity index (χ0n) is 12.4. The van der Waals surface area contributed by atoms with Gasteiger partial charge in [-0.15, -0.1) is 11.3 Å². The molecule has 0 saturated carbocycles. The zero-order chi connectivity index (χ0) is 14.1. The molecule has 2 aromatic rings. The first kappa shape index (κ1) is 13.8. The van der Waals surface area contributed by atoms with E-state index in [0.717, 1.165) is 13.0 Å². The molecule has 108 valence electrons. The standard InChI is InChI=1S/C15H22N4S/c1-4-17-14(12-8-16-9-19(12)10(2)3)15-18-11-6-5-7-13(11)20-15/h8-10,14,17H,4-7H2,1-3H3. The minimum Gasteiger partial charge on any atom is -0.330 e. The molecule has 0 aliphatic heterocycles. The summed E-state index contributed by atoms with van der Waals surface area (Å²) in [5.74, 6) is 0. The second-order valence-corrected chi connectivity index (χ2v) is 6.70. The van der Waals surface area contributed by atoms with Gasteiger partial charge in [-0.2, -0.15) is 0 Å². The summed E-state index contributed by atoms with van der Waals surface area (Å²) in [5.41, 5.74) is 2.54. The van der Waals surface area contributed by atoms with E-state index in [1.807, 2.05) is 23.9 Å². The van der Waals surface area contributed by atoms with Crippen LogP contribution >= 0.6 is 11.3 Å². The molecule has 1 unspecified atom stereocenters. The maximum absolute atomic E-state index is 4.88. The smallest absolute Gasteiger partial charge is 0.116 e. The van der Waals surface area contributed by atoms with Crippen molar-refractivity contribution in [1.29, 1.82) is 0 Å². The summed E-state index contributed by atoms with van der Waals surface area (Å²) >= 11 is 1.87. The van der Waals surface area contributed by atoms with E-state index in [1.54, 1.807) is 0 Å². The van der Waals surface area contributed by atoms with Crippen LogP contribution in [0.15, 0.2) is 12.5 Å². The lowest BCUT2D eigenvalue weighted by molar-refractivity contribution is 0.521. The van der Waals surface area contributed by atoms with Gasteiger partial charge in [0.1, 0.15) is 11.0 Å². The summed E-state index contributed by atoms with van der Waals surface area (Å²) in [5, 5.41) is 4.77. The average molecular weight is 290 g/mol. The Morgan fingerprint density at radius 1 is 1.40 bits per heavy atom. The first-order valence-electron chi connectivity index (χ1n) is 7.44. The van der Waals surface area contributed by atoms with Gasteiger partial charge >= 0.3 is 0 Å². The fraction of sp³-hybridized carbons (Fsp3) is 0.600. The summed E-state index contributed by atoms with van der Waals surface area (Å²) < 4.78 is 2.24. The number of aryl methyl sites for hydroxylation is 2. The van der Waals surface area contributed by atoms with E-state index in [2.05, 4.69) is 35.6 Å². The Kier molecular flexibility index (Phi) is 3.89. The van der Waals surface area contributed by atoms with Gasteiger partial charge in [-0.1, -0.05) is 6.92 Å². The maximum Gasteiger partial charge on any atom is 0.116 e. The minimum absolute atomic E-state index is 0.167. The Bertz CT molecular complexity index is 563. The molecule has 0 bridgehead atoms. The van der Waals surface area contributed by atoms with Crippen LogP contribution in [-0.2, 0) is 12.8 Å². The molecule has 0 aromatic carbocycles. The van der Waals surface area contributed by atoms with Gasteiger partial charge in [0.15, 0.2) is 0 Å². The minimum atomic E-state index is 0.167. The summed E-state index contributed by atoms with van der Waals surface area (Å²) in [6, 6.07) is 0.584. The number of fused-ring (bicyclic) bond motifs is 1. The highest BCUT2D eigenvalue weighted by Crippen LogP contribution is 2.33. The topological polar surface area (TPSA) is 42.7 Å². The molecule has 0 fully saturated rings. The number of imidazole rings is 1. The summed E-state index contributed by atoms with van der Waals surface area (Å²) in [7, 11) is 0. The molecule has 2 heterocycles. The molecule has 0 spiro atoms. The third-order valence-electron chi connectivity index (χ3n) is 3.82. The second kappa shape index (κ2) is 5.66. The van der Waals surface area contributed by atoms with Gasteiger partial charge in [-0.05, 0) is 39.7 Å². The van der Waals surface area contributed by atoms with E-state index in [1.165, 1.54) is 34.1 Å². The van der Waals surface area contributed by atoms with Gasteiger partial charge in [0, 0.05) is 10.9 Å². The van der Waals surface area contributed by atoms with Crippen molar-refractivity contribution in [3.63, 3.8) is 0 Å². The van der Waals surface area contributed by atoms with Crippen molar-refractivity contribution in [3.05, 3.63) is 33.8 Å². The van der Waals surface area contributed by atoms with Crippen molar-refractivity contribution in [1.82, 2.24) is 19.9 Å². The number of nitrogens with one attached hydrogen (secondary N) is 1. The van der Waals surface area contributed by atoms with E-state index >= 15 is 0 Å². The number of hydrogen-bond acceptors (Lipinski definition) is 4. The predicted molar refractivity (Wildman–Crippen MR) is 82.3 cm³/mol. The summed E-state index contributed by atoms with van der Waals surface area (Å²) in [6.07, 6.45) is 7.51. The lowest BCUT2D eigenvalue weighted by Crippen LogP contribution is -2.25. The van der Waals surface area contributed by atoms with Crippen LogP contribution in [0, 0.1) is 0 Å². The van der Waals surface area contributed by atoms with Gasteiger partial charge in [-0.25, -0.2) is 9.97 Å². The van der Waals surface area contributed by atoms with E-state index in [0.29, 0.717) is 6.04 Å². The summed E-state index contributed by atoms with van der Waals surface area (Å²) in [4.78, 5) is 10.7. The third-order valence-corrected chi connectivity index (χ3v) is 5.04. The highest BCUT2D eigenvalue weighted by Gasteiger charge is 2.25. The number of aromatic nitrogens is 3. The highest BCUT2D eigenvalue weighted by molar-refractivity contribution is 7.11. The monoisotopic (exact) mass is 290 g/mol. The Labute approximate surface area is 124 Å². The van der Waals surface area contributed by atoms with Gasteiger partial charge in [0.2, 0.25) is 0 Å². The first-order valence-corrected chi connectivity index (χ1v) is 8.26. The average Bonchev–Trinajstić information content (AvgIpc) is 3.10. The van der Waals surface area contributed by atoms with Crippen LogP contribution in [0.3, 0.4) is 0 Å². The lowest BCUT2D eigenvalue weighted by atomic mass is 10.2. The molecular weight excluding hydrogens is 268 g/mol. The maximum atomic E-state index is 4.88.